The van der Waals surface area contributed by atoms with Gasteiger partial charge in [-0.2, -0.15) is 0 Å². The molecule has 0 aliphatic rings. The van der Waals surface area contributed by atoms with Crippen molar-refractivity contribution in [2.75, 3.05) is 7.11 Å². The molecule has 0 saturated carbocycles. The van der Waals surface area contributed by atoms with E-state index in [-0.39, 0.29) is 0 Å². The van der Waals surface area contributed by atoms with Crippen molar-refractivity contribution in [1.82, 2.24) is 5.32 Å². The second-order valence-electron chi connectivity index (χ2n) is 1.58. The summed E-state index contributed by atoms with van der Waals surface area (Å²) in [6, 6.07) is 0. The largest absolute Gasteiger partial charge is 0.453 e. The molecule has 1 atom stereocenters. The lowest BCUT2D eigenvalue weighted by Gasteiger charge is -2.18. The van der Waals surface area contributed by atoms with Gasteiger partial charge in [0.25, 0.3) is 0 Å². The Labute approximate surface area is 78.4 Å². The summed E-state index contributed by atoms with van der Waals surface area (Å²) in [5, 5.41) is 10.7. The van der Waals surface area contributed by atoms with Crippen LogP contribution in [0.15, 0.2) is 0 Å². The summed E-state index contributed by atoms with van der Waals surface area (Å²) < 4.78 is 2.18. The Bertz CT molecular complexity index is 146. The first-order valence-electron chi connectivity index (χ1n) is 2.47. The standard InChI is InChI=1S/C4H6Cl3NO3/c1-11-3(10)8-2(9)4(5,6)7/h2,9H,1H3,(H,8,10). The zero-order valence-electron chi connectivity index (χ0n) is 5.47. The van der Waals surface area contributed by atoms with Crippen LogP contribution in [0.25, 0.3) is 0 Å². The minimum absolute atomic E-state index is 0.871. The van der Waals surface area contributed by atoms with Gasteiger partial charge in [-0.05, 0) is 0 Å². The molecule has 4 nitrogen and oxygen atoms in total. The maximum atomic E-state index is 10.4. The number of hydrogen-bond acceptors (Lipinski definition) is 3. The molecule has 0 spiro atoms. The minimum Gasteiger partial charge on any atom is -0.453 e. The van der Waals surface area contributed by atoms with E-state index in [0.29, 0.717) is 0 Å². The van der Waals surface area contributed by atoms with Crippen molar-refractivity contribution in [1.29, 1.82) is 0 Å². The zero-order valence-corrected chi connectivity index (χ0v) is 7.74. The van der Waals surface area contributed by atoms with Crippen molar-refractivity contribution in [3.05, 3.63) is 0 Å². The van der Waals surface area contributed by atoms with E-state index in [1.54, 1.807) is 0 Å². The molecule has 1 amide bonds. The first-order valence-corrected chi connectivity index (χ1v) is 3.60. The van der Waals surface area contributed by atoms with Crippen molar-refractivity contribution in [2.45, 2.75) is 10.0 Å². The van der Waals surface area contributed by atoms with Gasteiger partial charge in [-0.25, -0.2) is 4.79 Å². The third kappa shape index (κ3) is 4.53. The minimum atomic E-state index is -1.95. The first kappa shape index (κ1) is 11.1. The number of carbonyl (C=O) groups excluding carboxylic acids is 1. The Hall–Kier alpha value is 0.1000. The van der Waals surface area contributed by atoms with Crippen molar-refractivity contribution >= 4 is 40.9 Å². The van der Waals surface area contributed by atoms with Gasteiger partial charge in [-0.1, -0.05) is 34.8 Å². The number of alkyl carbamates (subject to hydrolysis) is 1. The van der Waals surface area contributed by atoms with Gasteiger partial charge in [-0.15, -0.1) is 0 Å². The van der Waals surface area contributed by atoms with Crippen molar-refractivity contribution in [3.8, 4) is 0 Å². The number of hydrogen-bond donors (Lipinski definition) is 2. The molecule has 0 aromatic heterocycles. The van der Waals surface area contributed by atoms with Crippen LogP contribution in [0, 0.1) is 0 Å². The molecule has 2 N–H and O–H groups in total. The maximum absolute atomic E-state index is 10.4. The van der Waals surface area contributed by atoms with Gasteiger partial charge >= 0.3 is 6.09 Å². The fraction of sp³-hybridized carbons (Fsp3) is 0.750. The number of alkyl halides is 3. The molecule has 66 valence electrons. The van der Waals surface area contributed by atoms with Crippen molar-refractivity contribution in [3.63, 3.8) is 0 Å². The van der Waals surface area contributed by atoms with Gasteiger partial charge in [0.1, 0.15) is 0 Å². The average Bonchev–Trinajstić information content (AvgIpc) is 1.85. The topological polar surface area (TPSA) is 58.6 Å². The van der Waals surface area contributed by atoms with Gasteiger partial charge in [0.05, 0.1) is 7.11 Å². The van der Waals surface area contributed by atoms with Crippen LogP contribution in [0.4, 0.5) is 4.79 Å². The second kappa shape index (κ2) is 4.21. The first-order chi connectivity index (χ1) is 4.88. The third-order valence-electron chi connectivity index (χ3n) is 0.750. The molecule has 11 heavy (non-hydrogen) atoms. The van der Waals surface area contributed by atoms with E-state index in [0.717, 1.165) is 7.11 Å². The fourth-order valence-electron chi connectivity index (χ4n) is 0.252. The fourth-order valence-corrected chi connectivity index (χ4v) is 0.416. The Morgan fingerprint density at radius 1 is 1.64 bits per heavy atom. The monoisotopic (exact) mass is 221 g/mol. The van der Waals surface area contributed by atoms with Crippen LogP contribution < -0.4 is 5.32 Å². The predicted octanol–water partition coefficient (Wildman–Crippen LogP) is 1.03. The predicted molar refractivity (Wildman–Crippen MR) is 41.8 cm³/mol. The summed E-state index contributed by atoms with van der Waals surface area (Å²) in [5.41, 5.74) is 0. The maximum Gasteiger partial charge on any atom is 0.408 e. The average molecular weight is 222 g/mol. The van der Waals surface area contributed by atoms with Crippen LogP contribution >= 0.6 is 34.8 Å². The number of carbonyl (C=O) groups is 1. The summed E-state index contributed by atoms with van der Waals surface area (Å²) in [7, 11) is 1.13. The van der Waals surface area contributed by atoms with Crippen LogP contribution in [0.5, 0.6) is 0 Å². The lowest BCUT2D eigenvalue weighted by atomic mass is 10.6. The normalized spacial score (nSPS) is 13.9. The Morgan fingerprint density at radius 2 is 2.09 bits per heavy atom. The summed E-state index contributed by atoms with van der Waals surface area (Å²) in [6.07, 6.45) is -2.45. The van der Waals surface area contributed by atoms with Crippen LogP contribution in [0.3, 0.4) is 0 Å². The molecule has 0 aromatic rings. The van der Waals surface area contributed by atoms with E-state index >= 15 is 0 Å². The molecule has 0 bridgehead atoms. The van der Waals surface area contributed by atoms with E-state index in [9.17, 15) is 4.79 Å². The third-order valence-corrected chi connectivity index (χ3v) is 1.37. The molecule has 0 aliphatic heterocycles. The number of aliphatic hydroxyl groups excluding tert-OH is 1. The number of ether oxygens (including phenoxy) is 1. The molecule has 1 unspecified atom stereocenters. The molecule has 0 aromatic carbocycles. The highest BCUT2D eigenvalue weighted by Gasteiger charge is 2.32. The Kier molecular flexibility index (Phi) is 4.25. The van der Waals surface area contributed by atoms with Crippen molar-refractivity contribution < 1.29 is 14.6 Å². The van der Waals surface area contributed by atoms with E-state index in [2.05, 4.69) is 4.74 Å². The van der Waals surface area contributed by atoms with Gasteiger partial charge in [0, 0.05) is 0 Å². The van der Waals surface area contributed by atoms with Crippen LogP contribution in [0.1, 0.15) is 0 Å². The van der Waals surface area contributed by atoms with Gasteiger partial charge in [0.15, 0.2) is 6.23 Å². The SMILES string of the molecule is COC(=O)NC(O)C(Cl)(Cl)Cl. The number of rotatable bonds is 1. The van der Waals surface area contributed by atoms with Gasteiger partial charge < -0.3 is 9.84 Å². The molecule has 0 heterocycles. The number of halogens is 3. The highest BCUT2D eigenvalue weighted by molar-refractivity contribution is 6.68. The summed E-state index contributed by atoms with van der Waals surface area (Å²) in [5.74, 6) is 0. The van der Waals surface area contributed by atoms with Crippen LogP contribution in [0.2, 0.25) is 0 Å². The van der Waals surface area contributed by atoms with Gasteiger partial charge in [0.2, 0.25) is 3.79 Å². The molecule has 0 aliphatic carbocycles. The van der Waals surface area contributed by atoms with E-state index in [1.165, 1.54) is 0 Å². The van der Waals surface area contributed by atoms with Crippen LogP contribution in [-0.4, -0.2) is 28.3 Å². The molecule has 0 rings (SSSR count). The smallest absolute Gasteiger partial charge is 0.408 e. The number of methoxy groups -OCH3 is 1. The highest BCUT2D eigenvalue weighted by Crippen LogP contribution is 2.28. The number of aliphatic hydroxyl groups is 1. The lowest BCUT2D eigenvalue weighted by molar-refractivity contribution is 0.113. The van der Waals surface area contributed by atoms with E-state index in [4.69, 9.17) is 39.9 Å². The molecular weight excluding hydrogens is 216 g/mol. The lowest BCUT2D eigenvalue weighted by Crippen LogP contribution is -2.43. The van der Waals surface area contributed by atoms with E-state index < -0.39 is 16.1 Å². The zero-order chi connectivity index (χ0) is 9.07. The van der Waals surface area contributed by atoms with Gasteiger partial charge in [-0.3, -0.25) is 5.32 Å². The second-order valence-corrected chi connectivity index (χ2v) is 3.95. The summed E-state index contributed by atoms with van der Waals surface area (Å²) in [6.45, 7) is 0. The molecular formula is C4H6Cl3NO3. The summed E-state index contributed by atoms with van der Waals surface area (Å²) >= 11 is 15.6. The number of amides is 1. The summed E-state index contributed by atoms with van der Waals surface area (Å²) in [4.78, 5) is 10.4. The van der Waals surface area contributed by atoms with Crippen LogP contribution in [-0.2, 0) is 4.74 Å². The Balaban J connectivity index is 3.87. The van der Waals surface area contributed by atoms with E-state index in [1.807, 2.05) is 5.32 Å². The quantitative estimate of drug-likeness (QED) is 0.515. The van der Waals surface area contributed by atoms with Crippen molar-refractivity contribution in [2.24, 2.45) is 0 Å². The number of nitrogens with one attached hydrogen (secondary N) is 1. The molecule has 0 saturated heterocycles. The highest BCUT2D eigenvalue weighted by atomic mass is 35.6. The Morgan fingerprint density at radius 3 is 2.36 bits per heavy atom. The molecule has 0 radical (unpaired) electrons. The molecule has 0 fully saturated rings. The molecule has 7 heteroatoms.